The minimum Gasteiger partial charge on any atom is -0.377 e. The van der Waals surface area contributed by atoms with Gasteiger partial charge in [0.25, 0.3) is 0 Å². The maximum atomic E-state index is 5.89. The van der Waals surface area contributed by atoms with Gasteiger partial charge in [-0.2, -0.15) is 0 Å². The molecule has 0 saturated carbocycles. The second kappa shape index (κ2) is 19.4. The molecule has 0 saturated heterocycles. The summed E-state index contributed by atoms with van der Waals surface area (Å²) >= 11 is 0. The zero-order chi connectivity index (χ0) is 19.4. The second-order valence-electron chi connectivity index (χ2n) is 8.64. The first-order valence-corrected chi connectivity index (χ1v) is 13.9. The minimum atomic E-state index is 0.523. The molecule has 2 unspecified atom stereocenters. The molecule has 0 amide bonds. The van der Waals surface area contributed by atoms with Gasteiger partial charge in [-0.15, -0.1) is 0 Å². The molecule has 0 fully saturated rings. The Balaban J connectivity index is 1.75. The number of hydrogen-bond donors (Lipinski definition) is 0. The lowest BCUT2D eigenvalue weighted by atomic mass is 9.99. The Bertz CT molecular complexity index is 328. The largest absolute Gasteiger partial charge is 0.377 e. The normalized spacial score (nSPS) is 18.1. The summed E-state index contributed by atoms with van der Waals surface area (Å²) in [5, 5.41) is 2.43. The molecular weight excluding hydrogens is 348 g/mol. The SMILES string of the molecule is CCCCCCCCCCCCCCC(C)CCOCC[S+]1C=CCCC1. The van der Waals surface area contributed by atoms with Crippen LogP contribution in [0.15, 0.2) is 11.5 Å². The van der Waals surface area contributed by atoms with E-state index in [9.17, 15) is 0 Å². The number of unbranched alkanes of at least 4 members (excludes halogenated alkanes) is 11. The summed E-state index contributed by atoms with van der Waals surface area (Å²) in [6.45, 7) is 6.65. The Morgan fingerprint density at radius 2 is 1.44 bits per heavy atom. The van der Waals surface area contributed by atoms with Crippen LogP contribution in [0, 0.1) is 5.92 Å². The summed E-state index contributed by atoms with van der Waals surface area (Å²) in [5.41, 5.74) is 0. The highest BCUT2D eigenvalue weighted by atomic mass is 32.2. The van der Waals surface area contributed by atoms with Gasteiger partial charge in [-0.3, -0.25) is 0 Å². The van der Waals surface area contributed by atoms with E-state index in [1.54, 1.807) is 0 Å². The Kier molecular flexibility index (Phi) is 18.0. The maximum Gasteiger partial charge on any atom is 0.136 e. The van der Waals surface area contributed by atoms with Crippen LogP contribution in [0.3, 0.4) is 0 Å². The van der Waals surface area contributed by atoms with Crippen molar-refractivity contribution in [3.05, 3.63) is 11.5 Å². The van der Waals surface area contributed by atoms with Crippen molar-refractivity contribution in [1.29, 1.82) is 0 Å². The van der Waals surface area contributed by atoms with E-state index >= 15 is 0 Å². The molecule has 27 heavy (non-hydrogen) atoms. The Hall–Kier alpha value is 0.0500. The van der Waals surface area contributed by atoms with Gasteiger partial charge in [0.15, 0.2) is 0 Å². The quantitative estimate of drug-likeness (QED) is 0.158. The summed E-state index contributed by atoms with van der Waals surface area (Å²) in [6, 6.07) is 0. The van der Waals surface area contributed by atoms with Gasteiger partial charge in [0.05, 0.1) is 6.61 Å². The van der Waals surface area contributed by atoms with Crippen LogP contribution in [0.5, 0.6) is 0 Å². The van der Waals surface area contributed by atoms with Gasteiger partial charge in [-0.25, -0.2) is 0 Å². The smallest absolute Gasteiger partial charge is 0.136 e. The fraction of sp³-hybridized carbons (Fsp3) is 0.920. The van der Waals surface area contributed by atoms with Gasteiger partial charge in [-0.1, -0.05) is 97.3 Å². The van der Waals surface area contributed by atoms with E-state index in [0.717, 1.165) is 19.1 Å². The molecular formula is C25H49OS+. The summed E-state index contributed by atoms with van der Waals surface area (Å²) < 4.78 is 5.89. The molecule has 1 rings (SSSR count). The van der Waals surface area contributed by atoms with Crippen LogP contribution in [0.25, 0.3) is 0 Å². The molecule has 1 aliphatic heterocycles. The Morgan fingerprint density at radius 1 is 0.815 bits per heavy atom. The molecule has 0 aromatic carbocycles. The van der Waals surface area contributed by atoms with Gasteiger partial charge in [-0.05, 0) is 31.3 Å². The zero-order valence-electron chi connectivity index (χ0n) is 18.7. The lowest BCUT2D eigenvalue weighted by molar-refractivity contribution is 0.134. The second-order valence-corrected chi connectivity index (χ2v) is 10.8. The summed E-state index contributed by atoms with van der Waals surface area (Å²) in [6.07, 6.45) is 25.1. The lowest BCUT2D eigenvalue weighted by Crippen LogP contribution is -2.16. The monoisotopic (exact) mass is 397 g/mol. The van der Waals surface area contributed by atoms with Gasteiger partial charge >= 0.3 is 0 Å². The maximum absolute atomic E-state index is 5.89. The molecule has 1 nitrogen and oxygen atoms in total. The molecule has 0 aromatic rings. The fourth-order valence-corrected chi connectivity index (χ4v) is 5.61. The van der Waals surface area contributed by atoms with E-state index in [-0.39, 0.29) is 0 Å². The van der Waals surface area contributed by atoms with Crippen molar-refractivity contribution in [2.75, 3.05) is 24.7 Å². The van der Waals surface area contributed by atoms with Crippen LogP contribution in [-0.4, -0.2) is 24.7 Å². The van der Waals surface area contributed by atoms with Crippen molar-refractivity contribution in [2.24, 2.45) is 5.92 Å². The van der Waals surface area contributed by atoms with Crippen molar-refractivity contribution >= 4 is 10.9 Å². The van der Waals surface area contributed by atoms with Crippen molar-refractivity contribution < 1.29 is 4.74 Å². The van der Waals surface area contributed by atoms with Crippen molar-refractivity contribution in [2.45, 2.75) is 117 Å². The van der Waals surface area contributed by atoms with Crippen LogP contribution < -0.4 is 0 Å². The summed E-state index contributed by atoms with van der Waals surface area (Å²) in [7, 11) is 0.523. The summed E-state index contributed by atoms with van der Waals surface area (Å²) in [5.74, 6) is 3.49. The van der Waals surface area contributed by atoms with E-state index < -0.39 is 0 Å². The molecule has 0 radical (unpaired) electrons. The molecule has 1 heterocycles. The Morgan fingerprint density at radius 3 is 2.04 bits per heavy atom. The summed E-state index contributed by atoms with van der Waals surface area (Å²) in [4.78, 5) is 0. The van der Waals surface area contributed by atoms with Crippen LogP contribution in [0.1, 0.15) is 117 Å². The van der Waals surface area contributed by atoms with Crippen molar-refractivity contribution in [1.82, 2.24) is 0 Å². The Labute approximate surface area is 174 Å². The molecule has 160 valence electrons. The van der Waals surface area contributed by atoms with Crippen LogP contribution in [0.2, 0.25) is 0 Å². The van der Waals surface area contributed by atoms with Gasteiger partial charge in [0.1, 0.15) is 16.9 Å². The number of rotatable bonds is 19. The third kappa shape index (κ3) is 16.7. The van der Waals surface area contributed by atoms with E-state index in [1.165, 1.54) is 114 Å². The third-order valence-electron chi connectivity index (χ3n) is 5.86. The predicted octanol–water partition coefficient (Wildman–Crippen LogP) is 8.05. The van der Waals surface area contributed by atoms with Crippen LogP contribution >= 0.6 is 0 Å². The molecule has 0 N–H and O–H groups in total. The number of allylic oxidation sites excluding steroid dienone is 1. The lowest BCUT2D eigenvalue weighted by Gasteiger charge is -2.12. The molecule has 0 spiro atoms. The van der Waals surface area contributed by atoms with Crippen LogP contribution in [-0.2, 0) is 15.6 Å². The number of ether oxygens (including phenoxy) is 1. The topological polar surface area (TPSA) is 9.23 Å². The highest BCUT2D eigenvalue weighted by Crippen LogP contribution is 2.16. The fourth-order valence-electron chi connectivity index (χ4n) is 3.86. The van der Waals surface area contributed by atoms with Crippen molar-refractivity contribution in [3.63, 3.8) is 0 Å². The first kappa shape index (κ1) is 25.1. The predicted molar refractivity (Wildman–Crippen MR) is 126 cm³/mol. The average molecular weight is 398 g/mol. The van der Waals surface area contributed by atoms with E-state index in [0.29, 0.717) is 10.9 Å². The highest BCUT2D eigenvalue weighted by molar-refractivity contribution is 7.99. The first-order valence-electron chi connectivity index (χ1n) is 12.2. The number of hydrogen-bond acceptors (Lipinski definition) is 1. The van der Waals surface area contributed by atoms with Gasteiger partial charge in [0, 0.05) is 17.5 Å². The van der Waals surface area contributed by atoms with Gasteiger partial charge < -0.3 is 4.74 Å². The van der Waals surface area contributed by atoms with Gasteiger partial charge in [0.2, 0.25) is 0 Å². The molecule has 1 aliphatic rings. The average Bonchev–Trinajstić information content (AvgIpc) is 2.69. The molecule has 0 aliphatic carbocycles. The van der Waals surface area contributed by atoms with Crippen molar-refractivity contribution in [3.8, 4) is 0 Å². The molecule has 0 bridgehead atoms. The zero-order valence-corrected chi connectivity index (χ0v) is 19.5. The molecule has 2 atom stereocenters. The minimum absolute atomic E-state index is 0.523. The first-order chi connectivity index (χ1) is 13.3. The highest BCUT2D eigenvalue weighted by Gasteiger charge is 2.16. The van der Waals surface area contributed by atoms with E-state index in [2.05, 4.69) is 25.3 Å². The molecule has 2 heteroatoms. The third-order valence-corrected chi connectivity index (χ3v) is 7.94. The molecule has 0 aromatic heterocycles. The van der Waals surface area contributed by atoms with Crippen LogP contribution in [0.4, 0.5) is 0 Å². The van der Waals surface area contributed by atoms with E-state index in [4.69, 9.17) is 4.74 Å². The van der Waals surface area contributed by atoms with E-state index in [1.807, 2.05) is 0 Å². The standard InChI is InChI=1S/C25H49OS/c1-3-4-5-6-7-8-9-10-11-12-13-15-18-25(2)19-20-26-21-24-27-22-16-14-17-23-27/h16,22,25H,3-15,17-21,23-24H2,1-2H3/q+1.